The van der Waals surface area contributed by atoms with Gasteiger partial charge in [-0.2, -0.15) is 0 Å². The second-order valence-electron chi connectivity index (χ2n) is 8.44. The Morgan fingerprint density at radius 2 is 1.62 bits per heavy atom. The molecule has 34 heavy (non-hydrogen) atoms. The van der Waals surface area contributed by atoms with E-state index in [9.17, 15) is 9.59 Å². The zero-order valence-electron chi connectivity index (χ0n) is 19.2. The van der Waals surface area contributed by atoms with Crippen LogP contribution in [0, 0.1) is 0 Å². The lowest BCUT2D eigenvalue weighted by Gasteiger charge is -2.22. The molecule has 0 saturated carbocycles. The number of hydrogen-bond acceptors (Lipinski definition) is 3. The summed E-state index contributed by atoms with van der Waals surface area (Å²) in [6, 6.07) is 27.3. The van der Waals surface area contributed by atoms with E-state index in [4.69, 9.17) is 4.74 Å². The highest BCUT2D eigenvalue weighted by Gasteiger charge is 2.17. The maximum atomic E-state index is 13.2. The van der Waals surface area contributed by atoms with Gasteiger partial charge in [-0.25, -0.2) is 0 Å². The van der Waals surface area contributed by atoms with Gasteiger partial charge in [0, 0.05) is 24.9 Å². The first-order valence-corrected chi connectivity index (χ1v) is 11.7. The molecule has 1 atom stereocenters. The third kappa shape index (κ3) is 6.90. The lowest BCUT2D eigenvalue weighted by molar-refractivity contribution is -0.121. The highest BCUT2D eigenvalue weighted by atomic mass is 16.5. The molecule has 1 heterocycles. The monoisotopic (exact) mass is 454 g/mol. The second-order valence-corrected chi connectivity index (χ2v) is 8.44. The Balaban J connectivity index is 1.43. The summed E-state index contributed by atoms with van der Waals surface area (Å²) in [6.45, 7) is 1.80. The van der Waals surface area contributed by atoms with Crippen LogP contribution in [-0.2, 0) is 27.3 Å². The summed E-state index contributed by atoms with van der Waals surface area (Å²) in [4.78, 5) is 27.2. The van der Waals surface area contributed by atoms with E-state index in [1.165, 1.54) is 0 Å². The van der Waals surface area contributed by atoms with E-state index in [1.807, 2.05) is 91.0 Å². The van der Waals surface area contributed by atoms with E-state index in [2.05, 4.69) is 5.32 Å². The molecule has 1 fully saturated rings. The molecule has 5 heteroatoms. The first-order valence-electron chi connectivity index (χ1n) is 11.7. The maximum absolute atomic E-state index is 13.2. The largest absolute Gasteiger partial charge is 0.376 e. The topological polar surface area (TPSA) is 58.6 Å². The van der Waals surface area contributed by atoms with Crippen LogP contribution < -0.4 is 10.2 Å². The highest BCUT2D eigenvalue weighted by molar-refractivity contribution is 6.03. The van der Waals surface area contributed by atoms with Crippen LogP contribution in [0.3, 0.4) is 0 Å². The number of nitrogens with zero attached hydrogens (tertiary/aromatic N) is 1. The molecule has 174 valence electrons. The standard InChI is InChI=1S/C29H30N2O3/c32-28(30-21-27-12-7-19-34-27)20-24-13-16-26(17-14-24)31(22-25-10-5-2-6-11-25)29(33)18-15-23-8-3-1-4-9-23/h1-6,8-11,13-18,27H,7,12,19-22H2,(H,30,32). The lowest BCUT2D eigenvalue weighted by atomic mass is 10.1. The van der Waals surface area contributed by atoms with Crippen molar-refractivity contribution in [2.45, 2.75) is 31.9 Å². The van der Waals surface area contributed by atoms with E-state index < -0.39 is 0 Å². The number of rotatable bonds is 9. The summed E-state index contributed by atoms with van der Waals surface area (Å²) >= 11 is 0. The molecular weight excluding hydrogens is 424 g/mol. The molecule has 1 aliphatic rings. The molecule has 4 rings (SSSR count). The Kier molecular flexibility index (Phi) is 8.25. The fourth-order valence-electron chi connectivity index (χ4n) is 3.96. The smallest absolute Gasteiger partial charge is 0.251 e. The molecule has 0 spiro atoms. The predicted octanol–water partition coefficient (Wildman–Crippen LogP) is 4.77. The number of nitrogens with one attached hydrogen (secondary N) is 1. The molecule has 1 unspecified atom stereocenters. The Labute approximate surface area is 201 Å². The molecule has 2 amide bonds. The van der Waals surface area contributed by atoms with Crippen molar-refractivity contribution in [1.29, 1.82) is 0 Å². The molecule has 3 aromatic rings. The average molecular weight is 455 g/mol. The van der Waals surface area contributed by atoms with Gasteiger partial charge in [-0.3, -0.25) is 9.59 Å². The van der Waals surface area contributed by atoms with Crippen LogP contribution in [0.4, 0.5) is 5.69 Å². The third-order valence-corrected chi connectivity index (χ3v) is 5.83. The van der Waals surface area contributed by atoms with E-state index in [-0.39, 0.29) is 17.9 Å². The second kappa shape index (κ2) is 12.0. The van der Waals surface area contributed by atoms with E-state index in [0.29, 0.717) is 19.5 Å². The molecule has 0 radical (unpaired) electrons. The lowest BCUT2D eigenvalue weighted by Crippen LogP contribution is -2.32. The van der Waals surface area contributed by atoms with E-state index in [1.54, 1.807) is 11.0 Å². The maximum Gasteiger partial charge on any atom is 0.251 e. The Morgan fingerprint density at radius 3 is 2.29 bits per heavy atom. The van der Waals surface area contributed by atoms with Crippen LogP contribution in [0.1, 0.15) is 29.5 Å². The fraction of sp³-hybridized carbons (Fsp3) is 0.241. The van der Waals surface area contributed by atoms with Gasteiger partial charge in [-0.15, -0.1) is 0 Å². The Bertz CT molecular complexity index is 1090. The van der Waals surface area contributed by atoms with Gasteiger partial charge in [0.2, 0.25) is 5.91 Å². The molecule has 1 aliphatic heterocycles. The van der Waals surface area contributed by atoms with E-state index >= 15 is 0 Å². The van der Waals surface area contributed by atoms with Crippen molar-refractivity contribution < 1.29 is 14.3 Å². The SMILES string of the molecule is O=C(Cc1ccc(N(Cc2ccccc2)C(=O)C=Cc2ccccc2)cc1)NCC1CCCO1. The van der Waals surface area contributed by atoms with Crippen molar-refractivity contribution in [2.24, 2.45) is 0 Å². The number of benzene rings is 3. The zero-order chi connectivity index (χ0) is 23.6. The van der Waals surface area contributed by atoms with Crippen LogP contribution in [0.15, 0.2) is 91.0 Å². The van der Waals surface area contributed by atoms with Gasteiger partial charge in [-0.05, 0) is 47.7 Å². The van der Waals surface area contributed by atoms with E-state index in [0.717, 1.165) is 41.8 Å². The number of ether oxygens (including phenoxy) is 1. The minimum absolute atomic E-state index is 0.0220. The number of hydrogen-bond donors (Lipinski definition) is 1. The van der Waals surface area contributed by atoms with Crippen molar-refractivity contribution in [3.05, 3.63) is 108 Å². The van der Waals surface area contributed by atoms with Crippen LogP contribution in [0.5, 0.6) is 0 Å². The zero-order valence-corrected chi connectivity index (χ0v) is 19.2. The van der Waals surface area contributed by atoms with Gasteiger partial charge in [0.1, 0.15) is 0 Å². The summed E-state index contributed by atoms with van der Waals surface area (Å²) in [5.74, 6) is -0.124. The molecule has 0 bridgehead atoms. The highest BCUT2D eigenvalue weighted by Crippen LogP contribution is 2.20. The van der Waals surface area contributed by atoms with Gasteiger partial charge in [-0.1, -0.05) is 72.8 Å². The summed E-state index contributed by atoms with van der Waals surface area (Å²) < 4.78 is 5.56. The summed E-state index contributed by atoms with van der Waals surface area (Å²) in [5, 5.41) is 2.96. The molecule has 5 nitrogen and oxygen atoms in total. The van der Waals surface area contributed by atoms with Gasteiger partial charge in [0.05, 0.1) is 19.1 Å². The predicted molar refractivity (Wildman–Crippen MR) is 135 cm³/mol. The minimum Gasteiger partial charge on any atom is -0.376 e. The van der Waals surface area contributed by atoms with Crippen LogP contribution in [0.2, 0.25) is 0 Å². The van der Waals surface area contributed by atoms with Gasteiger partial charge < -0.3 is 15.0 Å². The molecule has 1 N–H and O–H groups in total. The molecule has 0 aliphatic carbocycles. The van der Waals surface area contributed by atoms with Crippen LogP contribution in [-0.4, -0.2) is 31.1 Å². The fourth-order valence-corrected chi connectivity index (χ4v) is 3.96. The molecule has 0 aromatic heterocycles. The summed E-state index contributed by atoms with van der Waals surface area (Å²) in [5.41, 5.74) is 3.71. The molecular formula is C29H30N2O3. The first kappa shape index (κ1) is 23.5. The number of anilines is 1. The van der Waals surface area contributed by atoms with Gasteiger partial charge >= 0.3 is 0 Å². The number of amides is 2. The van der Waals surface area contributed by atoms with Crippen molar-refractivity contribution >= 4 is 23.6 Å². The van der Waals surface area contributed by atoms with Crippen molar-refractivity contribution in [3.8, 4) is 0 Å². The van der Waals surface area contributed by atoms with Gasteiger partial charge in [0.25, 0.3) is 5.91 Å². The third-order valence-electron chi connectivity index (χ3n) is 5.83. The Morgan fingerprint density at radius 1 is 0.912 bits per heavy atom. The average Bonchev–Trinajstić information content (AvgIpc) is 3.40. The number of carbonyl (C=O) groups is 2. The van der Waals surface area contributed by atoms with Crippen molar-refractivity contribution in [3.63, 3.8) is 0 Å². The van der Waals surface area contributed by atoms with Crippen molar-refractivity contribution in [2.75, 3.05) is 18.1 Å². The van der Waals surface area contributed by atoms with Crippen molar-refractivity contribution in [1.82, 2.24) is 5.32 Å². The summed E-state index contributed by atoms with van der Waals surface area (Å²) in [6.07, 6.45) is 5.92. The minimum atomic E-state index is -0.102. The Hall–Kier alpha value is -3.70. The normalized spacial score (nSPS) is 15.4. The van der Waals surface area contributed by atoms with Gasteiger partial charge in [0.15, 0.2) is 0 Å². The number of carbonyl (C=O) groups excluding carboxylic acids is 2. The summed E-state index contributed by atoms with van der Waals surface area (Å²) in [7, 11) is 0. The van der Waals surface area contributed by atoms with Crippen LogP contribution in [0.25, 0.3) is 6.08 Å². The molecule has 1 saturated heterocycles. The first-order chi connectivity index (χ1) is 16.7. The molecule has 3 aromatic carbocycles. The quantitative estimate of drug-likeness (QED) is 0.474. The van der Waals surface area contributed by atoms with Crippen LogP contribution >= 0.6 is 0 Å².